The lowest BCUT2D eigenvalue weighted by molar-refractivity contribution is -0.121. The highest BCUT2D eigenvalue weighted by Crippen LogP contribution is 2.12. The molecular formula is C17H26N2O3. The molecule has 0 radical (unpaired) electrons. The molecule has 0 heterocycles. The van der Waals surface area contributed by atoms with Crippen molar-refractivity contribution in [2.24, 2.45) is 0 Å². The lowest BCUT2D eigenvalue weighted by Gasteiger charge is -2.20. The number of amides is 2. The van der Waals surface area contributed by atoms with E-state index in [0.29, 0.717) is 12.2 Å². The number of carbonyl (C=O) groups excluding carboxylic acids is 2. The van der Waals surface area contributed by atoms with E-state index in [2.05, 4.69) is 17.6 Å². The first-order valence-corrected chi connectivity index (χ1v) is 7.64. The fraction of sp³-hybridized carbons (Fsp3) is 0.529. The zero-order chi connectivity index (χ0) is 16.6. The van der Waals surface area contributed by atoms with Crippen molar-refractivity contribution in [3.8, 4) is 5.75 Å². The summed E-state index contributed by atoms with van der Waals surface area (Å²) < 4.78 is 5.54. The van der Waals surface area contributed by atoms with E-state index in [4.69, 9.17) is 4.74 Å². The van der Waals surface area contributed by atoms with Crippen LogP contribution in [0.4, 0.5) is 0 Å². The van der Waals surface area contributed by atoms with E-state index in [1.165, 1.54) is 0 Å². The number of rotatable bonds is 7. The van der Waals surface area contributed by atoms with Crippen molar-refractivity contribution < 1.29 is 14.3 Å². The van der Waals surface area contributed by atoms with Gasteiger partial charge < -0.3 is 15.4 Å². The Kier molecular flexibility index (Phi) is 6.89. The van der Waals surface area contributed by atoms with E-state index in [-0.39, 0.29) is 23.9 Å². The van der Waals surface area contributed by atoms with Crippen LogP contribution in [-0.4, -0.2) is 30.5 Å². The van der Waals surface area contributed by atoms with E-state index in [1.807, 2.05) is 20.8 Å². The van der Waals surface area contributed by atoms with E-state index in [0.717, 1.165) is 18.6 Å². The number of hydrogen-bond acceptors (Lipinski definition) is 3. The van der Waals surface area contributed by atoms with Gasteiger partial charge in [0.05, 0.1) is 13.2 Å². The lowest BCUT2D eigenvalue weighted by Crippen LogP contribution is -2.45. The Labute approximate surface area is 132 Å². The van der Waals surface area contributed by atoms with E-state index in [1.54, 1.807) is 24.3 Å². The fourth-order valence-electron chi connectivity index (χ4n) is 1.76. The Morgan fingerprint density at radius 3 is 2.32 bits per heavy atom. The summed E-state index contributed by atoms with van der Waals surface area (Å²) in [4.78, 5) is 23.6. The van der Waals surface area contributed by atoms with Gasteiger partial charge in [-0.1, -0.05) is 13.3 Å². The van der Waals surface area contributed by atoms with Crippen LogP contribution < -0.4 is 15.4 Å². The SMILES string of the molecule is CCCCOc1ccc(C(=O)NCC(=O)NC(C)(C)C)cc1. The molecule has 0 unspecified atom stereocenters. The number of carbonyl (C=O) groups is 2. The topological polar surface area (TPSA) is 67.4 Å². The van der Waals surface area contributed by atoms with Crippen molar-refractivity contribution >= 4 is 11.8 Å². The van der Waals surface area contributed by atoms with Crippen molar-refractivity contribution in [1.82, 2.24) is 10.6 Å². The van der Waals surface area contributed by atoms with Gasteiger partial charge in [0.25, 0.3) is 5.91 Å². The molecule has 0 bridgehead atoms. The molecule has 0 aliphatic heterocycles. The molecule has 5 nitrogen and oxygen atoms in total. The van der Waals surface area contributed by atoms with Crippen molar-refractivity contribution in [3.05, 3.63) is 29.8 Å². The molecular weight excluding hydrogens is 280 g/mol. The Balaban J connectivity index is 2.44. The zero-order valence-electron chi connectivity index (χ0n) is 13.9. The van der Waals surface area contributed by atoms with Crippen LogP contribution in [0.2, 0.25) is 0 Å². The highest BCUT2D eigenvalue weighted by atomic mass is 16.5. The molecule has 2 amide bonds. The van der Waals surface area contributed by atoms with E-state index >= 15 is 0 Å². The average molecular weight is 306 g/mol. The summed E-state index contributed by atoms with van der Waals surface area (Å²) in [5.74, 6) is 0.264. The second-order valence-electron chi connectivity index (χ2n) is 6.21. The largest absolute Gasteiger partial charge is 0.494 e. The highest BCUT2D eigenvalue weighted by molar-refractivity contribution is 5.96. The van der Waals surface area contributed by atoms with E-state index < -0.39 is 0 Å². The van der Waals surface area contributed by atoms with Crippen LogP contribution in [0.3, 0.4) is 0 Å². The van der Waals surface area contributed by atoms with Gasteiger partial charge in [-0.25, -0.2) is 0 Å². The molecule has 0 aromatic heterocycles. The van der Waals surface area contributed by atoms with Crippen LogP contribution >= 0.6 is 0 Å². The van der Waals surface area contributed by atoms with Gasteiger partial charge in [0.2, 0.25) is 5.91 Å². The summed E-state index contributed by atoms with van der Waals surface area (Å²) in [6, 6.07) is 6.91. The summed E-state index contributed by atoms with van der Waals surface area (Å²) >= 11 is 0. The monoisotopic (exact) mass is 306 g/mol. The lowest BCUT2D eigenvalue weighted by atomic mass is 10.1. The van der Waals surface area contributed by atoms with E-state index in [9.17, 15) is 9.59 Å². The Bertz CT molecular complexity index is 490. The smallest absolute Gasteiger partial charge is 0.251 e. The summed E-state index contributed by atoms with van der Waals surface area (Å²) in [6.07, 6.45) is 2.09. The third-order valence-corrected chi connectivity index (χ3v) is 2.81. The molecule has 0 saturated carbocycles. The minimum Gasteiger partial charge on any atom is -0.494 e. The number of hydrogen-bond donors (Lipinski definition) is 2. The summed E-state index contributed by atoms with van der Waals surface area (Å²) in [6.45, 7) is 8.42. The normalized spacial score (nSPS) is 10.9. The second kappa shape index (κ2) is 8.41. The van der Waals surface area contributed by atoms with Gasteiger partial charge in [-0.2, -0.15) is 0 Å². The minimum absolute atomic E-state index is 0.0369. The van der Waals surface area contributed by atoms with Crippen LogP contribution in [0.15, 0.2) is 24.3 Å². The number of nitrogens with one attached hydrogen (secondary N) is 2. The molecule has 0 atom stereocenters. The number of unbranched alkanes of at least 4 members (excludes halogenated alkanes) is 1. The molecule has 1 rings (SSSR count). The Morgan fingerprint density at radius 1 is 1.14 bits per heavy atom. The zero-order valence-corrected chi connectivity index (χ0v) is 13.9. The maximum Gasteiger partial charge on any atom is 0.251 e. The molecule has 1 aromatic carbocycles. The fourth-order valence-corrected chi connectivity index (χ4v) is 1.76. The number of benzene rings is 1. The first kappa shape index (κ1) is 18.0. The average Bonchev–Trinajstić information content (AvgIpc) is 2.44. The summed E-state index contributed by atoms with van der Waals surface area (Å²) in [7, 11) is 0. The summed E-state index contributed by atoms with van der Waals surface area (Å²) in [5.41, 5.74) is 0.200. The van der Waals surface area contributed by atoms with Crippen LogP contribution in [0.5, 0.6) is 5.75 Å². The first-order valence-electron chi connectivity index (χ1n) is 7.64. The molecule has 0 fully saturated rings. The molecule has 0 saturated heterocycles. The predicted octanol–water partition coefficient (Wildman–Crippen LogP) is 2.51. The molecule has 5 heteroatoms. The van der Waals surface area contributed by atoms with Gasteiger partial charge in [0, 0.05) is 11.1 Å². The Hall–Kier alpha value is -2.04. The minimum atomic E-state index is -0.306. The van der Waals surface area contributed by atoms with Gasteiger partial charge in [-0.3, -0.25) is 9.59 Å². The van der Waals surface area contributed by atoms with Gasteiger partial charge in [-0.15, -0.1) is 0 Å². The standard InChI is InChI=1S/C17H26N2O3/c1-5-6-11-22-14-9-7-13(8-10-14)16(21)18-12-15(20)19-17(2,3)4/h7-10H,5-6,11-12H2,1-4H3,(H,18,21)(H,19,20). The molecule has 0 aliphatic carbocycles. The van der Waals surface area contributed by atoms with Crippen molar-refractivity contribution in [2.75, 3.05) is 13.2 Å². The molecule has 1 aromatic rings. The van der Waals surface area contributed by atoms with Crippen LogP contribution in [0.1, 0.15) is 50.9 Å². The van der Waals surface area contributed by atoms with Crippen LogP contribution in [0.25, 0.3) is 0 Å². The van der Waals surface area contributed by atoms with Gasteiger partial charge in [0.15, 0.2) is 0 Å². The van der Waals surface area contributed by atoms with Gasteiger partial charge in [0.1, 0.15) is 5.75 Å². The maximum atomic E-state index is 12.0. The van der Waals surface area contributed by atoms with Crippen LogP contribution in [-0.2, 0) is 4.79 Å². The number of ether oxygens (including phenoxy) is 1. The van der Waals surface area contributed by atoms with Gasteiger partial charge >= 0.3 is 0 Å². The summed E-state index contributed by atoms with van der Waals surface area (Å²) in [5, 5.41) is 5.39. The third-order valence-electron chi connectivity index (χ3n) is 2.81. The third kappa shape index (κ3) is 7.11. The second-order valence-corrected chi connectivity index (χ2v) is 6.21. The predicted molar refractivity (Wildman–Crippen MR) is 87.1 cm³/mol. The maximum absolute atomic E-state index is 12.0. The molecule has 22 heavy (non-hydrogen) atoms. The first-order chi connectivity index (χ1) is 10.3. The Morgan fingerprint density at radius 2 is 1.77 bits per heavy atom. The van der Waals surface area contributed by atoms with Crippen molar-refractivity contribution in [3.63, 3.8) is 0 Å². The highest BCUT2D eigenvalue weighted by Gasteiger charge is 2.14. The quantitative estimate of drug-likeness (QED) is 0.761. The van der Waals surface area contributed by atoms with Crippen LogP contribution in [0, 0.1) is 0 Å². The van der Waals surface area contributed by atoms with Gasteiger partial charge in [-0.05, 0) is 51.5 Å². The molecule has 122 valence electrons. The molecule has 2 N–H and O–H groups in total. The molecule has 0 aliphatic rings. The molecule has 0 spiro atoms. The van der Waals surface area contributed by atoms with Crippen molar-refractivity contribution in [2.45, 2.75) is 46.1 Å². The van der Waals surface area contributed by atoms with Crippen molar-refractivity contribution in [1.29, 1.82) is 0 Å².